The Balaban J connectivity index is 1.87. The number of amides is 1. The van der Waals surface area contributed by atoms with Gasteiger partial charge in [0.25, 0.3) is 5.91 Å². The van der Waals surface area contributed by atoms with Gasteiger partial charge in [-0.25, -0.2) is 10.5 Å². The molecule has 1 fully saturated rings. The Labute approximate surface area is 158 Å². The number of hydroxylamine groups is 1. The molecule has 2 N–H and O–H groups in total. The largest absolute Gasteiger partial charge is 0.320 e. The van der Waals surface area contributed by atoms with Crippen molar-refractivity contribution in [1.82, 2.24) is 19.9 Å². The number of benzene rings is 2. The maximum absolute atomic E-state index is 11.8. The van der Waals surface area contributed by atoms with E-state index >= 15 is 0 Å². The third kappa shape index (κ3) is 3.34. The predicted molar refractivity (Wildman–Crippen MR) is 105 cm³/mol. The van der Waals surface area contributed by atoms with E-state index in [0.29, 0.717) is 11.6 Å². The Morgan fingerprint density at radius 3 is 2.81 bits per heavy atom. The molecule has 3 aromatic rings. The molecule has 1 atom stereocenters. The van der Waals surface area contributed by atoms with Crippen LogP contribution < -0.4 is 5.48 Å². The number of hydrogen-bond acceptors (Lipinski definition) is 4. The van der Waals surface area contributed by atoms with Crippen LogP contribution in [0.3, 0.4) is 0 Å². The highest BCUT2D eigenvalue weighted by Gasteiger charge is 2.25. The first-order valence-corrected chi connectivity index (χ1v) is 9.45. The molecule has 1 aromatic heterocycles. The van der Waals surface area contributed by atoms with E-state index in [2.05, 4.69) is 28.5 Å². The van der Waals surface area contributed by atoms with E-state index in [0.717, 1.165) is 54.9 Å². The number of aromatic nitrogens is 2. The minimum Gasteiger partial charge on any atom is -0.320 e. The van der Waals surface area contributed by atoms with Crippen LogP contribution in [0.25, 0.3) is 22.4 Å². The molecule has 0 saturated carbocycles. The molecule has 6 nitrogen and oxygen atoms in total. The van der Waals surface area contributed by atoms with Crippen LogP contribution in [0.1, 0.15) is 36.2 Å². The number of imidazole rings is 1. The molecule has 0 spiro atoms. The van der Waals surface area contributed by atoms with Gasteiger partial charge in [-0.3, -0.25) is 10.0 Å². The first kappa shape index (κ1) is 17.7. The predicted octanol–water partition coefficient (Wildman–Crippen LogP) is 3.48. The first-order chi connectivity index (χ1) is 13.2. The van der Waals surface area contributed by atoms with Gasteiger partial charge in [-0.05, 0) is 44.1 Å². The lowest BCUT2D eigenvalue weighted by molar-refractivity contribution is 0.0706. The normalized spacial score (nSPS) is 17.9. The van der Waals surface area contributed by atoms with E-state index in [1.807, 2.05) is 24.3 Å². The molecule has 2 aromatic carbocycles. The molecule has 0 unspecified atom stereocenters. The fraction of sp³-hybridized carbons (Fsp3) is 0.333. The number of carbonyl (C=O) groups excluding carboxylic acids is 1. The van der Waals surface area contributed by atoms with Crippen LogP contribution in [-0.2, 0) is 0 Å². The van der Waals surface area contributed by atoms with Gasteiger partial charge in [0, 0.05) is 23.7 Å². The van der Waals surface area contributed by atoms with E-state index in [1.54, 1.807) is 17.6 Å². The minimum absolute atomic E-state index is 0.344. The summed E-state index contributed by atoms with van der Waals surface area (Å²) in [4.78, 5) is 19.1. The van der Waals surface area contributed by atoms with Crippen molar-refractivity contribution in [3.63, 3.8) is 0 Å². The van der Waals surface area contributed by atoms with Gasteiger partial charge < -0.3 is 9.47 Å². The summed E-state index contributed by atoms with van der Waals surface area (Å²) >= 11 is 0. The van der Waals surface area contributed by atoms with Gasteiger partial charge >= 0.3 is 0 Å². The van der Waals surface area contributed by atoms with Crippen molar-refractivity contribution in [2.24, 2.45) is 0 Å². The average molecular weight is 364 g/mol. The van der Waals surface area contributed by atoms with Crippen LogP contribution in [-0.4, -0.2) is 45.2 Å². The van der Waals surface area contributed by atoms with E-state index in [1.165, 1.54) is 0 Å². The molecular weight excluding hydrogens is 340 g/mol. The quantitative estimate of drug-likeness (QED) is 0.549. The van der Waals surface area contributed by atoms with Crippen molar-refractivity contribution < 1.29 is 10.0 Å². The van der Waals surface area contributed by atoms with Gasteiger partial charge in [0.05, 0.1) is 11.0 Å². The van der Waals surface area contributed by atoms with Gasteiger partial charge in [0.1, 0.15) is 5.82 Å². The molecule has 0 bridgehead atoms. The lowest BCUT2D eigenvalue weighted by Crippen LogP contribution is -2.36. The lowest BCUT2D eigenvalue weighted by atomic mass is 10.0. The summed E-state index contributed by atoms with van der Waals surface area (Å²) in [6.07, 6.45) is 2.28. The molecule has 140 valence electrons. The van der Waals surface area contributed by atoms with Gasteiger partial charge in [-0.15, -0.1) is 0 Å². The van der Waals surface area contributed by atoms with E-state index in [9.17, 15) is 4.79 Å². The molecule has 4 rings (SSSR count). The zero-order valence-corrected chi connectivity index (χ0v) is 15.4. The van der Waals surface area contributed by atoms with Crippen molar-refractivity contribution >= 4 is 16.9 Å². The number of nitrogens with one attached hydrogen (secondary N) is 1. The maximum atomic E-state index is 11.8. The molecule has 1 amide bonds. The van der Waals surface area contributed by atoms with Crippen LogP contribution in [0.4, 0.5) is 0 Å². The molecular formula is C21H24N4O2. The zero-order chi connectivity index (χ0) is 18.8. The Hall–Kier alpha value is -2.70. The number of likely N-dealkylation sites (tertiary alicyclic amines) is 1. The highest BCUT2D eigenvalue weighted by atomic mass is 16.5. The Bertz CT molecular complexity index is 951. The summed E-state index contributed by atoms with van der Waals surface area (Å²) in [5.41, 5.74) is 4.94. The topological polar surface area (TPSA) is 70.4 Å². The third-order valence-electron chi connectivity index (χ3n) is 5.38. The summed E-state index contributed by atoms with van der Waals surface area (Å²) in [7, 11) is 0. The average Bonchev–Trinajstić information content (AvgIpc) is 3.12. The molecule has 0 radical (unpaired) electrons. The molecule has 1 saturated heterocycles. The second-order valence-corrected chi connectivity index (χ2v) is 7.01. The second-order valence-electron chi connectivity index (χ2n) is 7.01. The molecule has 1 aliphatic rings. The van der Waals surface area contributed by atoms with Gasteiger partial charge in [0.15, 0.2) is 0 Å². The van der Waals surface area contributed by atoms with Crippen LogP contribution in [0.15, 0.2) is 48.5 Å². The van der Waals surface area contributed by atoms with Crippen molar-refractivity contribution in [3.8, 4) is 11.4 Å². The van der Waals surface area contributed by atoms with Crippen molar-refractivity contribution in [1.29, 1.82) is 0 Å². The third-order valence-corrected chi connectivity index (χ3v) is 5.38. The number of hydrogen-bond donors (Lipinski definition) is 2. The summed E-state index contributed by atoms with van der Waals surface area (Å²) in [5.74, 6) is 0.401. The molecule has 6 heteroatoms. The Morgan fingerprint density at radius 2 is 2.07 bits per heavy atom. The number of likely N-dealkylation sites (N-methyl/N-ethyl adjacent to an activating group) is 1. The number of carbonyl (C=O) groups is 1. The SMILES string of the molecule is CCN1CCC[C@@H](n2c(-c3ccccc3)nc3cc(C(=O)NO)ccc32)C1. The summed E-state index contributed by atoms with van der Waals surface area (Å²) in [6.45, 7) is 5.39. The van der Waals surface area contributed by atoms with Crippen molar-refractivity contribution in [3.05, 3.63) is 54.1 Å². The van der Waals surface area contributed by atoms with Crippen molar-refractivity contribution in [2.75, 3.05) is 19.6 Å². The maximum Gasteiger partial charge on any atom is 0.274 e. The molecule has 1 aliphatic heterocycles. The van der Waals surface area contributed by atoms with Gasteiger partial charge in [0.2, 0.25) is 0 Å². The highest BCUT2D eigenvalue weighted by molar-refractivity contribution is 5.97. The fourth-order valence-electron chi connectivity index (χ4n) is 3.99. The lowest BCUT2D eigenvalue weighted by Gasteiger charge is -2.33. The van der Waals surface area contributed by atoms with Crippen molar-refractivity contribution in [2.45, 2.75) is 25.8 Å². The standard InChI is InChI=1S/C21H24N4O2/c1-2-24-12-6-9-17(14-24)25-19-11-10-16(21(26)23-27)13-18(19)22-20(25)15-7-4-3-5-8-15/h3-5,7-8,10-11,13,17,27H,2,6,9,12,14H2,1H3,(H,23,26)/t17-/m1/s1. The van der Waals surface area contributed by atoms with Crippen LogP contribution in [0, 0.1) is 0 Å². The monoisotopic (exact) mass is 364 g/mol. The minimum atomic E-state index is -0.525. The van der Waals surface area contributed by atoms with E-state index in [4.69, 9.17) is 10.2 Å². The number of nitrogens with zero attached hydrogens (tertiary/aromatic N) is 3. The number of piperidine rings is 1. The van der Waals surface area contributed by atoms with E-state index < -0.39 is 5.91 Å². The fourth-order valence-corrected chi connectivity index (χ4v) is 3.99. The van der Waals surface area contributed by atoms with Crippen LogP contribution in [0.5, 0.6) is 0 Å². The smallest absolute Gasteiger partial charge is 0.274 e. The second kappa shape index (κ2) is 7.50. The van der Waals surface area contributed by atoms with Crippen LogP contribution >= 0.6 is 0 Å². The molecule has 0 aliphatic carbocycles. The molecule has 2 heterocycles. The molecule has 27 heavy (non-hydrogen) atoms. The number of rotatable bonds is 4. The first-order valence-electron chi connectivity index (χ1n) is 9.45. The summed E-state index contributed by atoms with van der Waals surface area (Å²) in [5, 5.41) is 8.93. The number of fused-ring (bicyclic) bond motifs is 1. The van der Waals surface area contributed by atoms with Gasteiger partial charge in [-0.1, -0.05) is 37.3 Å². The Kier molecular flexibility index (Phi) is 4.92. The summed E-state index contributed by atoms with van der Waals surface area (Å²) in [6, 6.07) is 15.9. The van der Waals surface area contributed by atoms with Crippen LogP contribution in [0.2, 0.25) is 0 Å². The Morgan fingerprint density at radius 1 is 1.26 bits per heavy atom. The van der Waals surface area contributed by atoms with Gasteiger partial charge in [-0.2, -0.15) is 0 Å². The highest BCUT2D eigenvalue weighted by Crippen LogP contribution is 2.33. The van der Waals surface area contributed by atoms with E-state index in [-0.39, 0.29) is 0 Å². The zero-order valence-electron chi connectivity index (χ0n) is 15.4. The summed E-state index contributed by atoms with van der Waals surface area (Å²) < 4.78 is 2.33.